The average molecular weight is 374 g/mol. The Morgan fingerprint density at radius 1 is 1.19 bits per heavy atom. The molecule has 0 aliphatic rings. The molecule has 132 valence electrons. The van der Waals surface area contributed by atoms with E-state index in [4.69, 9.17) is 20.8 Å². The third-order valence-electron chi connectivity index (χ3n) is 3.74. The van der Waals surface area contributed by atoms with Crippen LogP contribution in [0, 0.1) is 17.0 Å². The van der Waals surface area contributed by atoms with Crippen molar-refractivity contribution in [2.45, 2.75) is 6.92 Å². The van der Waals surface area contributed by atoms with Gasteiger partial charge in [0.25, 0.3) is 5.69 Å². The smallest absolute Gasteiger partial charge is 0.374 e. The molecular formula is C18H12ClNO6. The molecule has 2 aromatic carbocycles. The van der Waals surface area contributed by atoms with Crippen LogP contribution >= 0.6 is 11.6 Å². The Morgan fingerprint density at radius 3 is 2.69 bits per heavy atom. The number of carbonyl (C=O) groups excluding carboxylic acids is 2. The fourth-order valence-corrected chi connectivity index (χ4v) is 2.56. The van der Waals surface area contributed by atoms with Crippen molar-refractivity contribution in [1.29, 1.82) is 0 Å². The van der Waals surface area contributed by atoms with E-state index in [-0.39, 0.29) is 17.0 Å². The van der Waals surface area contributed by atoms with E-state index in [2.05, 4.69) is 0 Å². The molecule has 0 spiro atoms. The molecule has 0 aliphatic carbocycles. The Hall–Kier alpha value is -3.19. The minimum Gasteiger partial charge on any atom is -0.451 e. The van der Waals surface area contributed by atoms with Crippen molar-refractivity contribution in [3.8, 4) is 0 Å². The first-order valence-electron chi connectivity index (χ1n) is 7.49. The summed E-state index contributed by atoms with van der Waals surface area (Å²) in [5.74, 6) is -1.43. The van der Waals surface area contributed by atoms with Crippen molar-refractivity contribution < 1.29 is 23.7 Å². The van der Waals surface area contributed by atoms with Crippen molar-refractivity contribution in [2.75, 3.05) is 6.61 Å². The van der Waals surface area contributed by atoms with E-state index < -0.39 is 23.3 Å². The molecule has 0 atom stereocenters. The second-order valence-corrected chi connectivity index (χ2v) is 5.99. The third-order valence-corrected chi connectivity index (χ3v) is 3.98. The molecule has 0 unspecified atom stereocenters. The number of fused-ring (bicyclic) bond motifs is 1. The van der Waals surface area contributed by atoms with Gasteiger partial charge >= 0.3 is 5.97 Å². The van der Waals surface area contributed by atoms with Gasteiger partial charge in [-0.2, -0.15) is 0 Å². The van der Waals surface area contributed by atoms with Crippen molar-refractivity contribution in [1.82, 2.24) is 0 Å². The molecule has 0 aliphatic heterocycles. The van der Waals surface area contributed by atoms with Crippen molar-refractivity contribution in [3.63, 3.8) is 0 Å². The number of ether oxygens (including phenoxy) is 1. The second kappa shape index (κ2) is 6.97. The summed E-state index contributed by atoms with van der Waals surface area (Å²) in [6.07, 6.45) is 0. The minimum absolute atomic E-state index is 0.0649. The van der Waals surface area contributed by atoms with Gasteiger partial charge in [0, 0.05) is 27.6 Å². The predicted molar refractivity (Wildman–Crippen MR) is 93.7 cm³/mol. The zero-order valence-corrected chi connectivity index (χ0v) is 14.3. The zero-order chi connectivity index (χ0) is 18.8. The number of benzene rings is 2. The van der Waals surface area contributed by atoms with Gasteiger partial charge in [0.05, 0.1) is 4.92 Å². The number of carbonyl (C=O) groups is 2. The van der Waals surface area contributed by atoms with E-state index in [9.17, 15) is 19.7 Å². The lowest BCUT2D eigenvalue weighted by atomic mass is 10.1. The van der Waals surface area contributed by atoms with Crippen molar-refractivity contribution in [2.24, 2.45) is 0 Å². The number of furan rings is 1. The summed E-state index contributed by atoms with van der Waals surface area (Å²) >= 11 is 5.87. The van der Waals surface area contributed by atoms with E-state index in [1.54, 1.807) is 25.1 Å². The molecule has 7 nitrogen and oxygen atoms in total. The minimum atomic E-state index is -0.813. The van der Waals surface area contributed by atoms with Crippen LogP contribution in [0.2, 0.25) is 5.02 Å². The van der Waals surface area contributed by atoms with Crippen LogP contribution in [0.25, 0.3) is 11.0 Å². The van der Waals surface area contributed by atoms with E-state index in [1.807, 2.05) is 0 Å². The first kappa shape index (κ1) is 17.6. The summed E-state index contributed by atoms with van der Waals surface area (Å²) in [6.45, 7) is 1.01. The highest BCUT2D eigenvalue weighted by Gasteiger charge is 2.19. The first-order valence-corrected chi connectivity index (χ1v) is 7.87. The normalized spacial score (nSPS) is 10.7. The van der Waals surface area contributed by atoms with Crippen LogP contribution in [0.5, 0.6) is 0 Å². The quantitative estimate of drug-likeness (QED) is 0.285. The average Bonchev–Trinajstić information content (AvgIpc) is 3.02. The molecule has 1 heterocycles. The van der Waals surface area contributed by atoms with E-state index in [1.165, 1.54) is 18.2 Å². The number of hydrogen-bond acceptors (Lipinski definition) is 6. The van der Waals surface area contributed by atoms with E-state index >= 15 is 0 Å². The lowest BCUT2D eigenvalue weighted by molar-refractivity contribution is -0.385. The van der Waals surface area contributed by atoms with Gasteiger partial charge in [-0.3, -0.25) is 14.9 Å². The molecule has 0 radical (unpaired) electrons. The highest BCUT2D eigenvalue weighted by molar-refractivity contribution is 6.31. The van der Waals surface area contributed by atoms with Gasteiger partial charge in [0.15, 0.2) is 6.61 Å². The van der Waals surface area contributed by atoms with Gasteiger partial charge in [0.2, 0.25) is 11.5 Å². The summed E-state index contributed by atoms with van der Waals surface area (Å²) in [5.41, 5.74) is 0.814. The number of Topliss-reactive ketones (excluding diaryl/α,β-unsaturated/α-hetero) is 1. The first-order chi connectivity index (χ1) is 12.3. The molecule has 0 saturated heterocycles. The number of nitrogens with zero attached hydrogens (tertiary/aromatic N) is 1. The monoisotopic (exact) mass is 373 g/mol. The highest BCUT2D eigenvalue weighted by Crippen LogP contribution is 2.24. The lowest BCUT2D eigenvalue weighted by Crippen LogP contribution is -2.14. The van der Waals surface area contributed by atoms with Gasteiger partial charge in [-0.05, 0) is 31.2 Å². The van der Waals surface area contributed by atoms with Crippen LogP contribution in [0.1, 0.15) is 26.5 Å². The predicted octanol–water partition coefficient (Wildman–Crippen LogP) is 4.34. The molecular weight excluding hydrogens is 362 g/mol. The van der Waals surface area contributed by atoms with Crippen molar-refractivity contribution >= 4 is 40.0 Å². The summed E-state index contributed by atoms with van der Waals surface area (Å²) in [7, 11) is 0. The second-order valence-electron chi connectivity index (χ2n) is 5.55. The number of nitro benzene ring substituents is 1. The van der Waals surface area contributed by atoms with Gasteiger partial charge in [-0.25, -0.2) is 4.79 Å². The van der Waals surface area contributed by atoms with Gasteiger partial charge in [0.1, 0.15) is 5.58 Å². The lowest BCUT2D eigenvalue weighted by Gasteiger charge is -2.04. The Morgan fingerprint density at radius 2 is 1.96 bits per heavy atom. The van der Waals surface area contributed by atoms with Crippen LogP contribution in [0.3, 0.4) is 0 Å². The Kier molecular flexibility index (Phi) is 4.73. The zero-order valence-electron chi connectivity index (χ0n) is 13.5. The molecule has 0 bridgehead atoms. The fraction of sp³-hybridized carbons (Fsp3) is 0.111. The molecule has 0 N–H and O–H groups in total. The van der Waals surface area contributed by atoms with Gasteiger partial charge < -0.3 is 9.15 Å². The fourth-order valence-electron chi connectivity index (χ4n) is 2.38. The maximum atomic E-state index is 12.1. The summed E-state index contributed by atoms with van der Waals surface area (Å²) in [4.78, 5) is 34.6. The molecule has 26 heavy (non-hydrogen) atoms. The molecule has 0 saturated carbocycles. The molecule has 3 aromatic rings. The van der Waals surface area contributed by atoms with Crippen LogP contribution in [-0.2, 0) is 4.74 Å². The molecule has 3 rings (SSSR count). The molecule has 0 amide bonds. The largest absolute Gasteiger partial charge is 0.451 e. The number of nitro groups is 1. The number of rotatable bonds is 5. The van der Waals surface area contributed by atoms with Crippen LogP contribution < -0.4 is 0 Å². The standard InChI is InChI=1S/C18H12ClNO6/c1-10-2-3-11(7-14(10)20(23)24)15(21)9-25-18(22)17-8-12-6-13(19)4-5-16(12)26-17/h2-8H,9H2,1H3. The summed E-state index contributed by atoms with van der Waals surface area (Å²) < 4.78 is 10.3. The SMILES string of the molecule is Cc1ccc(C(=O)COC(=O)c2cc3cc(Cl)ccc3o2)cc1[N+](=O)[O-]. The summed E-state index contributed by atoms with van der Waals surface area (Å²) in [5, 5.41) is 12.1. The van der Waals surface area contributed by atoms with Crippen molar-refractivity contribution in [3.05, 3.63) is 74.5 Å². The van der Waals surface area contributed by atoms with Gasteiger partial charge in [-0.1, -0.05) is 23.7 Å². The highest BCUT2D eigenvalue weighted by atomic mass is 35.5. The Balaban J connectivity index is 1.71. The molecule has 1 aromatic heterocycles. The summed E-state index contributed by atoms with van der Waals surface area (Å²) in [6, 6.07) is 10.4. The van der Waals surface area contributed by atoms with Gasteiger partial charge in [-0.15, -0.1) is 0 Å². The number of halogens is 1. The van der Waals surface area contributed by atoms with E-state index in [0.717, 1.165) is 6.07 Å². The molecule has 0 fully saturated rings. The Labute approximate surface area is 152 Å². The van der Waals surface area contributed by atoms with Crippen LogP contribution in [0.15, 0.2) is 46.9 Å². The maximum absolute atomic E-state index is 12.1. The topological polar surface area (TPSA) is 99.7 Å². The third kappa shape index (κ3) is 3.57. The van der Waals surface area contributed by atoms with Crippen LogP contribution in [0.4, 0.5) is 5.69 Å². The molecule has 8 heteroatoms. The van der Waals surface area contributed by atoms with Crippen LogP contribution in [-0.4, -0.2) is 23.3 Å². The Bertz CT molecular complexity index is 1040. The maximum Gasteiger partial charge on any atom is 0.374 e. The number of aryl methyl sites for hydroxylation is 1. The number of esters is 1. The number of hydrogen-bond donors (Lipinski definition) is 0. The van der Waals surface area contributed by atoms with E-state index in [0.29, 0.717) is 21.6 Å². The number of ketones is 1.